The Bertz CT molecular complexity index is 589. The quantitative estimate of drug-likeness (QED) is 0.640. The number of nitrogens with one attached hydrogen (secondary N) is 1. The molecule has 2 aromatic rings. The molecule has 104 valence electrons. The maximum absolute atomic E-state index is 10.8. The molecule has 0 saturated carbocycles. The number of aromatic nitrogens is 2. The first-order valence-corrected chi connectivity index (χ1v) is 6.06. The summed E-state index contributed by atoms with van der Waals surface area (Å²) in [6.07, 6.45) is 2.32. The monoisotopic (exact) mass is 274 g/mol. The highest BCUT2D eigenvalue weighted by atomic mass is 16.6. The topological polar surface area (TPSA) is 90.2 Å². The Balaban J connectivity index is 2.02. The van der Waals surface area contributed by atoms with Crippen LogP contribution in [0.1, 0.15) is 5.69 Å². The van der Waals surface area contributed by atoms with Gasteiger partial charge in [-0.3, -0.25) is 15.1 Å². The molecule has 2 aromatic heterocycles. The molecule has 0 unspecified atom stereocenters. The molecule has 0 aliphatic carbocycles. The second-order valence-electron chi connectivity index (χ2n) is 3.98. The first kappa shape index (κ1) is 13.7. The van der Waals surface area contributed by atoms with Crippen LogP contribution in [0.2, 0.25) is 0 Å². The standard InChI is InChI=1S/C13H14N4O3/c1-14-12-8-11(17(18)19)9-13(16-12)20-7-5-10-4-2-3-6-15-10/h2-4,6,8-9H,5,7H2,1H3,(H,14,16). The predicted octanol–water partition coefficient (Wildman–Crippen LogP) is 2.05. The average molecular weight is 274 g/mol. The van der Waals surface area contributed by atoms with E-state index in [-0.39, 0.29) is 11.6 Å². The molecule has 0 aliphatic rings. The van der Waals surface area contributed by atoms with Gasteiger partial charge in [-0.05, 0) is 12.1 Å². The highest BCUT2D eigenvalue weighted by Gasteiger charge is 2.11. The highest BCUT2D eigenvalue weighted by Crippen LogP contribution is 2.21. The molecule has 0 amide bonds. The van der Waals surface area contributed by atoms with Crippen LogP contribution in [0.5, 0.6) is 5.88 Å². The number of anilines is 1. The van der Waals surface area contributed by atoms with Crippen LogP contribution in [0.15, 0.2) is 36.5 Å². The first-order chi connectivity index (χ1) is 9.69. The molecular formula is C13H14N4O3. The van der Waals surface area contributed by atoms with Crippen molar-refractivity contribution < 1.29 is 9.66 Å². The van der Waals surface area contributed by atoms with Crippen LogP contribution in [0.4, 0.5) is 11.5 Å². The van der Waals surface area contributed by atoms with E-state index in [9.17, 15) is 10.1 Å². The lowest BCUT2D eigenvalue weighted by Gasteiger charge is -2.07. The third-order valence-corrected chi connectivity index (χ3v) is 2.59. The largest absolute Gasteiger partial charge is 0.477 e. The van der Waals surface area contributed by atoms with Gasteiger partial charge in [0.2, 0.25) is 5.88 Å². The lowest BCUT2D eigenvalue weighted by atomic mass is 10.3. The van der Waals surface area contributed by atoms with E-state index in [1.54, 1.807) is 13.2 Å². The van der Waals surface area contributed by atoms with Gasteiger partial charge in [-0.15, -0.1) is 0 Å². The summed E-state index contributed by atoms with van der Waals surface area (Å²) < 4.78 is 5.45. The predicted molar refractivity (Wildman–Crippen MR) is 73.9 cm³/mol. The Morgan fingerprint density at radius 1 is 1.40 bits per heavy atom. The Morgan fingerprint density at radius 3 is 2.90 bits per heavy atom. The third kappa shape index (κ3) is 3.64. The van der Waals surface area contributed by atoms with Gasteiger partial charge >= 0.3 is 0 Å². The molecule has 2 rings (SSSR count). The van der Waals surface area contributed by atoms with Crippen molar-refractivity contribution in [1.29, 1.82) is 0 Å². The minimum Gasteiger partial charge on any atom is -0.477 e. The van der Waals surface area contributed by atoms with Crippen molar-refractivity contribution in [2.75, 3.05) is 19.0 Å². The molecule has 0 spiro atoms. The van der Waals surface area contributed by atoms with E-state index in [1.165, 1.54) is 12.1 Å². The fourth-order valence-electron chi connectivity index (χ4n) is 1.61. The van der Waals surface area contributed by atoms with Crippen LogP contribution < -0.4 is 10.1 Å². The number of rotatable bonds is 6. The lowest BCUT2D eigenvalue weighted by molar-refractivity contribution is -0.384. The van der Waals surface area contributed by atoms with E-state index in [0.717, 1.165) is 5.69 Å². The molecule has 1 N–H and O–H groups in total. The van der Waals surface area contributed by atoms with E-state index >= 15 is 0 Å². The maximum atomic E-state index is 10.8. The zero-order valence-electron chi connectivity index (χ0n) is 10.9. The minimum atomic E-state index is -0.478. The highest BCUT2D eigenvalue weighted by molar-refractivity contribution is 5.47. The second kappa shape index (κ2) is 6.46. The molecule has 0 radical (unpaired) electrons. The summed E-state index contributed by atoms with van der Waals surface area (Å²) in [7, 11) is 1.64. The van der Waals surface area contributed by atoms with Crippen LogP contribution in [0.3, 0.4) is 0 Å². The molecule has 0 saturated heterocycles. The van der Waals surface area contributed by atoms with E-state index in [1.807, 2.05) is 18.2 Å². The van der Waals surface area contributed by atoms with Gasteiger partial charge in [0.1, 0.15) is 5.82 Å². The Hall–Kier alpha value is -2.70. The fourth-order valence-corrected chi connectivity index (χ4v) is 1.61. The molecule has 20 heavy (non-hydrogen) atoms. The Morgan fingerprint density at radius 2 is 2.25 bits per heavy atom. The Labute approximate surface area is 115 Å². The van der Waals surface area contributed by atoms with Crippen LogP contribution in [-0.2, 0) is 6.42 Å². The zero-order valence-corrected chi connectivity index (χ0v) is 10.9. The second-order valence-corrected chi connectivity index (χ2v) is 3.98. The van der Waals surface area contributed by atoms with Gasteiger partial charge in [-0.2, -0.15) is 4.98 Å². The number of nitrogens with zero attached hydrogens (tertiary/aromatic N) is 3. The van der Waals surface area contributed by atoms with Crippen molar-refractivity contribution in [1.82, 2.24) is 9.97 Å². The van der Waals surface area contributed by atoms with Crippen LogP contribution in [-0.4, -0.2) is 28.5 Å². The minimum absolute atomic E-state index is 0.0582. The van der Waals surface area contributed by atoms with Crippen molar-refractivity contribution in [3.05, 3.63) is 52.3 Å². The van der Waals surface area contributed by atoms with Gasteiger partial charge in [-0.1, -0.05) is 6.07 Å². The number of hydrogen-bond donors (Lipinski definition) is 1. The number of pyridine rings is 2. The molecule has 7 nitrogen and oxygen atoms in total. The first-order valence-electron chi connectivity index (χ1n) is 6.06. The molecule has 0 atom stereocenters. The van der Waals surface area contributed by atoms with Gasteiger partial charge in [0.15, 0.2) is 0 Å². The SMILES string of the molecule is CNc1cc([N+](=O)[O-])cc(OCCc2ccccn2)n1. The summed E-state index contributed by atoms with van der Waals surface area (Å²) in [6.45, 7) is 0.355. The molecule has 0 fully saturated rings. The molecule has 0 aromatic carbocycles. The molecule has 0 aliphatic heterocycles. The number of ether oxygens (including phenoxy) is 1. The fraction of sp³-hybridized carbons (Fsp3) is 0.231. The molecule has 7 heteroatoms. The van der Waals surface area contributed by atoms with Gasteiger partial charge < -0.3 is 10.1 Å². The van der Waals surface area contributed by atoms with Crippen LogP contribution >= 0.6 is 0 Å². The number of nitro groups is 1. The lowest BCUT2D eigenvalue weighted by Crippen LogP contribution is -2.05. The maximum Gasteiger partial charge on any atom is 0.278 e. The summed E-state index contributed by atoms with van der Waals surface area (Å²) in [4.78, 5) is 18.6. The van der Waals surface area contributed by atoms with E-state index in [4.69, 9.17) is 4.74 Å². The summed E-state index contributed by atoms with van der Waals surface area (Å²) in [5, 5.41) is 13.6. The van der Waals surface area contributed by atoms with Crippen molar-refractivity contribution in [2.24, 2.45) is 0 Å². The summed E-state index contributed by atoms with van der Waals surface area (Å²) >= 11 is 0. The van der Waals surface area contributed by atoms with Crippen molar-refractivity contribution in [3.8, 4) is 5.88 Å². The van der Waals surface area contributed by atoms with E-state index in [0.29, 0.717) is 18.8 Å². The van der Waals surface area contributed by atoms with E-state index in [2.05, 4.69) is 15.3 Å². The van der Waals surface area contributed by atoms with Crippen molar-refractivity contribution in [2.45, 2.75) is 6.42 Å². The summed E-state index contributed by atoms with van der Waals surface area (Å²) in [5.74, 6) is 0.617. The van der Waals surface area contributed by atoms with Gasteiger partial charge in [-0.25, -0.2) is 0 Å². The third-order valence-electron chi connectivity index (χ3n) is 2.59. The summed E-state index contributed by atoms with van der Waals surface area (Å²) in [5.41, 5.74) is 0.837. The van der Waals surface area contributed by atoms with Gasteiger partial charge in [0.05, 0.1) is 23.7 Å². The van der Waals surface area contributed by atoms with Gasteiger partial charge in [0.25, 0.3) is 5.69 Å². The Kier molecular flexibility index (Phi) is 4.43. The molecule has 0 bridgehead atoms. The zero-order chi connectivity index (χ0) is 14.4. The average Bonchev–Trinajstić information content (AvgIpc) is 2.48. The normalized spacial score (nSPS) is 10.1. The van der Waals surface area contributed by atoms with Gasteiger partial charge in [0, 0.05) is 25.4 Å². The van der Waals surface area contributed by atoms with Crippen LogP contribution in [0.25, 0.3) is 0 Å². The van der Waals surface area contributed by atoms with E-state index < -0.39 is 4.92 Å². The number of hydrogen-bond acceptors (Lipinski definition) is 6. The van der Waals surface area contributed by atoms with Crippen LogP contribution in [0, 0.1) is 10.1 Å². The van der Waals surface area contributed by atoms with Crippen molar-refractivity contribution in [3.63, 3.8) is 0 Å². The smallest absolute Gasteiger partial charge is 0.278 e. The molecule has 2 heterocycles. The van der Waals surface area contributed by atoms with Crippen molar-refractivity contribution >= 4 is 11.5 Å². The summed E-state index contributed by atoms with van der Waals surface area (Å²) in [6, 6.07) is 8.28. The molecular weight excluding hydrogens is 260 g/mol.